The van der Waals surface area contributed by atoms with Crippen molar-refractivity contribution in [2.75, 3.05) is 11.4 Å². The summed E-state index contributed by atoms with van der Waals surface area (Å²) in [6.07, 6.45) is 3.75. The molecule has 4 rings (SSSR count). The van der Waals surface area contributed by atoms with Gasteiger partial charge in [0.25, 0.3) is 5.92 Å². The maximum Gasteiger partial charge on any atom is 0.266 e. The fourth-order valence-corrected chi connectivity index (χ4v) is 3.48. The van der Waals surface area contributed by atoms with Gasteiger partial charge in [0, 0.05) is 42.6 Å². The van der Waals surface area contributed by atoms with Crippen molar-refractivity contribution in [2.24, 2.45) is 5.92 Å². The Labute approximate surface area is 168 Å². The highest BCUT2D eigenvalue weighted by Gasteiger charge is 2.46. The number of alkyl halides is 2. The molecule has 150 valence electrons. The molecule has 29 heavy (non-hydrogen) atoms. The number of carbonyl (C=O) groups is 1. The van der Waals surface area contributed by atoms with Crippen molar-refractivity contribution in [3.8, 4) is 11.3 Å². The Morgan fingerprint density at radius 1 is 1.28 bits per heavy atom. The molecule has 0 saturated carbocycles. The molecule has 0 spiro atoms. The van der Waals surface area contributed by atoms with E-state index < -0.39 is 36.5 Å². The van der Waals surface area contributed by atoms with E-state index in [1.165, 1.54) is 12.3 Å². The average molecular weight is 422 g/mol. The highest BCUT2D eigenvalue weighted by atomic mass is 35.5. The van der Waals surface area contributed by atoms with Gasteiger partial charge in [-0.1, -0.05) is 11.6 Å². The van der Waals surface area contributed by atoms with Crippen molar-refractivity contribution in [2.45, 2.75) is 18.8 Å². The molecule has 4 heterocycles. The molecule has 1 atom stereocenters. The molecule has 1 fully saturated rings. The van der Waals surface area contributed by atoms with Gasteiger partial charge in [0.15, 0.2) is 16.8 Å². The van der Waals surface area contributed by atoms with Crippen LogP contribution in [-0.4, -0.2) is 38.5 Å². The van der Waals surface area contributed by atoms with Gasteiger partial charge in [-0.05, 0) is 30.2 Å². The first-order chi connectivity index (χ1) is 13.8. The highest BCUT2D eigenvalue weighted by Crippen LogP contribution is 2.36. The van der Waals surface area contributed by atoms with Crippen molar-refractivity contribution in [1.29, 1.82) is 0 Å². The van der Waals surface area contributed by atoms with E-state index >= 15 is 0 Å². The number of carbonyl (C=O) groups excluding carboxylic acids is 1. The van der Waals surface area contributed by atoms with Crippen LogP contribution in [-0.2, 0) is 11.2 Å². The monoisotopic (exact) mass is 421 g/mol. The molecule has 3 aromatic heterocycles. The summed E-state index contributed by atoms with van der Waals surface area (Å²) in [5.41, 5.74) is 1.65. The summed E-state index contributed by atoms with van der Waals surface area (Å²) in [6.45, 7) is -0.768. The molecule has 1 aliphatic rings. The standard InChI is InChI=1S/C19H15ClF3N5O/c20-17-14(21)6-11(9-25-17)5-13-8-19(22,23)10-28(18(13)29)16-7-15(26-27-16)12-1-3-24-4-2-12/h1-4,6-7,9,13H,5,8,10H2,(H,26,27)/t13-/m0/s1. The van der Waals surface area contributed by atoms with Crippen LogP contribution in [0.5, 0.6) is 0 Å². The molecular formula is C19H15ClF3N5O. The number of H-pyrrole nitrogens is 1. The van der Waals surface area contributed by atoms with Crippen LogP contribution in [0.2, 0.25) is 5.15 Å². The Morgan fingerprint density at radius 3 is 2.76 bits per heavy atom. The zero-order chi connectivity index (χ0) is 20.6. The van der Waals surface area contributed by atoms with Gasteiger partial charge in [-0.3, -0.25) is 19.8 Å². The van der Waals surface area contributed by atoms with Gasteiger partial charge < -0.3 is 0 Å². The van der Waals surface area contributed by atoms with Crippen molar-refractivity contribution in [1.82, 2.24) is 20.2 Å². The minimum absolute atomic E-state index is 0.0757. The number of rotatable bonds is 4. The van der Waals surface area contributed by atoms with E-state index in [0.717, 1.165) is 16.5 Å². The van der Waals surface area contributed by atoms with Gasteiger partial charge >= 0.3 is 0 Å². The molecule has 0 unspecified atom stereocenters. The van der Waals surface area contributed by atoms with Crippen LogP contribution >= 0.6 is 11.6 Å². The number of halogens is 4. The van der Waals surface area contributed by atoms with E-state index in [-0.39, 0.29) is 17.4 Å². The number of nitrogens with zero attached hydrogens (tertiary/aromatic N) is 4. The zero-order valence-corrected chi connectivity index (χ0v) is 15.7. The summed E-state index contributed by atoms with van der Waals surface area (Å²) in [6, 6.07) is 6.11. The van der Waals surface area contributed by atoms with E-state index in [1.54, 1.807) is 24.5 Å². The van der Waals surface area contributed by atoms with E-state index in [9.17, 15) is 18.0 Å². The smallest absolute Gasteiger partial charge is 0.266 e. The van der Waals surface area contributed by atoms with Crippen LogP contribution in [0, 0.1) is 11.7 Å². The Morgan fingerprint density at radius 2 is 2.03 bits per heavy atom. The van der Waals surface area contributed by atoms with Gasteiger partial charge in [-0.25, -0.2) is 18.2 Å². The molecule has 0 aromatic carbocycles. The third-order valence-corrected chi connectivity index (χ3v) is 5.00. The number of piperidine rings is 1. The summed E-state index contributed by atoms with van der Waals surface area (Å²) in [7, 11) is 0. The Bertz CT molecular complexity index is 1040. The average Bonchev–Trinajstić information content (AvgIpc) is 3.18. The normalized spacial score (nSPS) is 18.8. The van der Waals surface area contributed by atoms with E-state index in [4.69, 9.17) is 11.6 Å². The number of pyridine rings is 2. The topological polar surface area (TPSA) is 74.8 Å². The number of anilines is 1. The van der Waals surface area contributed by atoms with Crippen LogP contribution in [0.4, 0.5) is 19.0 Å². The van der Waals surface area contributed by atoms with Crippen molar-refractivity contribution in [3.05, 3.63) is 59.4 Å². The zero-order valence-electron chi connectivity index (χ0n) is 14.9. The number of hydrogen-bond acceptors (Lipinski definition) is 4. The van der Waals surface area contributed by atoms with Crippen LogP contribution in [0.1, 0.15) is 12.0 Å². The summed E-state index contributed by atoms with van der Waals surface area (Å²) in [5, 5.41) is 6.48. The Balaban J connectivity index is 1.59. The predicted molar refractivity (Wildman–Crippen MR) is 100 cm³/mol. The van der Waals surface area contributed by atoms with Gasteiger partial charge in [0.2, 0.25) is 5.91 Å². The van der Waals surface area contributed by atoms with Crippen LogP contribution < -0.4 is 4.90 Å². The number of aromatic nitrogens is 4. The molecule has 0 radical (unpaired) electrons. The Kier molecular flexibility index (Phi) is 4.99. The first kappa shape index (κ1) is 19.4. The molecule has 1 amide bonds. The third kappa shape index (κ3) is 4.09. The molecule has 10 heteroatoms. The van der Waals surface area contributed by atoms with Crippen molar-refractivity contribution in [3.63, 3.8) is 0 Å². The third-order valence-electron chi connectivity index (χ3n) is 4.72. The molecule has 1 saturated heterocycles. The molecule has 3 aromatic rings. The second kappa shape index (κ2) is 7.47. The fourth-order valence-electron chi connectivity index (χ4n) is 3.38. The lowest BCUT2D eigenvalue weighted by Gasteiger charge is -2.35. The first-order valence-corrected chi connectivity index (χ1v) is 9.15. The quantitative estimate of drug-likeness (QED) is 0.648. The molecular weight excluding hydrogens is 407 g/mol. The fraction of sp³-hybridized carbons (Fsp3) is 0.263. The predicted octanol–water partition coefficient (Wildman–Crippen LogP) is 3.89. The first-order valence-electron chi connectivity index (χ1n) is 8.77. The molecule has 0 bridgehead atoms. The minimum Gasteiger partial charge on any atom is -0.289 e. The highest BCUT2D eigenvalue weighted by molar-refractivity contribution is 6.29. The summed E-state index contributed by atoms with van der Waals surface area (Å²) in [4.78, 5) is 21.5. The van der Waals surface area contributed by atoms with E-state index in [1.807, 2.05) is 0 Å². The minimum atomic E-state index is -3.10. The van der Waals surface area contributed by atoms with Crippen molar-refractivity contribution >= 4 is 23.3 Å². The summed E-state index contributed by atoms with van der Waals surface area (Å²) < 4.78 is 42.4. The lowest BCUT2D eigenvalue weighted by atomic mass is 9.89. The Hall–Kier alpha value is -2.94. The van der Waals surface area contributed by atoms with Crippen molar-refractivity contribution < 1.29 is 18.0 Å². The van der Waals surface area contributed by atoms with Gasteiger partial charge in [0.05, 0.1) is 12.2 Å². The van der Waals surface area contributed by atoms with Gasteiger partial charge in [0.1, 0.15) is 0 Å². The molecule has 1 aliphatic heterocycles. The maximum atomic E-state index is 14.4. The van der Waals surface area contributed by atoms with E-state index in [0.29, 0.717) is 11.3 Å². The van der Waals surface area contributed by atoms with Crippen LogP contribution in [0.3, 0.4) is 0 Å². The second-order valence-corrected chi connectivity index (χ2v) is 7.24. The SMILES string of the molecule is O=C1[C@@H](Cc2cnc(Cl)c(F)c2)CC(F)(F)CN1c1cc(-c2ccncc2)[nH]n1. The largest absolute Gasteiger partial charge is 0.289 e. The number of nitrogens with one attached hydrogen (secondary N) is 1. The molecule has 0 aliphatic carbocycles. The van der Waals surface area contributed by atoms with Gasteiger partial charge in [-0.15, -0.1) is 0 Å². The van der Waals surface area contributed by atoms with Crippen LogP contribution in [0.25, 0.3) is 11.3 Å². The number of aromatic amines is 1. The van der Waals surface area contributed by atoms with E-state index in [2.05, 4.69) is 20.2 Å². The number of hydrogen-bond donors (Lipinski definition) is 1. The summed E-state index contributed by atoms with van der Waals surface area (Å²) >= 11 is 5.56. The molecule has 1 N–H and O–H groups in total. The summed E-state index contributed by atoms with van der Waals surface area (Å²) in [5.74, 6) is -5.30. The second-order valence-electron chi connectivity index (χ2n) is 6.88. The van der Waals surface area contributed by atoms with Crippen LogP contribution in [0.15, 0.2) is 42.9 Å². The molecule has 6 nitrogen and oxygen atoms in total. The maximum absolute atomic E-state index is 14.4. The lowest BCUT2D eigenvalue weighted by molar-refractivity contribution is -0.132. The number of amides is 1. The lowest BCUT2D eigenvalue weighted by Crippen LogP contribution is -2.51. The van der Waals surface area contributed by atoms with Gasteiger partial charge in [-0.2, -0.15) is 5.10 Å².